The van der Waals surface area contributed by atoms with Gasteiger partial charge in [-0.15, -0.1) is 6.58 Å². The fraction of sp³-hybridized carbons (Fsp3) is 0.333. The van der Waals surface area contributed by atoms with Crippen LogP contribution in [0.5, 0.6) is 0 Å². The number of aromatic carboxylic acids is 1. The second-order valence-corrected chi connectivity index (χ2v) is 3.14. The van der Waals surface area contributed by atoms with Gasteiger partial charge in [0.05, 0.1) is 11.3 Å². The van der Waals surface area contributed by atoms with Gasteiger partial charge in [-0.2, -0.15) is 0 Å². The molecule has 0 saturated heterocycles. The SMILES string of the molecule is C=C(/C=C\C)c1ncccc1C(=O)O.C=CC.CC.CC. The highest BCUT2D eigenvalue weighted by Gasteiger charge is 2.10. The van der Waals surface area contributed by atoms with Gasteiger partial charge in [-0.25, -0.2) is 4.79 Å². The Morgan fingerprint density at radius 3 is 2.10 bits per heavy atom. The van der Waals surface area contributed by atoms with Crippen molar-refractivity contribution in [3.8, 4) is 0 Å². The van der Waals surface area contributed by atoms with Crippen LogP contribution in [-0.2, 0) is 0 Å². The van der Waals surface area contributed by atoms with Gasteiger partial charge in [-0.1, -0.05) is 52.5 Å². The second kappa shape index (κ2) is 17.8. The van der Waals surface area contributed by atoms with Crippen molar-refractivity contribution in [3.05, 3.63) is 61.0 Å². The van der Waals surface area contributed by atoms with Crippen LogP contribution in [-0.4, -0.2) is 16.1 Å². The summed E-state index contributed by atoms with van der Waals surface area (Å²) in [6, 6.07) is 3.11. The number of carboxylic acid groups (broad SMARTS) is 1. The Hall–Kier alpha value is -2.16. The molecule has 0 aromatic carbocycles. The first kappa shape index (κ1) is 23.9. The van der Waals surface area contributed by atoms with Gasteiger partial charge in [0.1, 0.15) is 0 Å². The number of aromatic nitrogens is 1. The molecule has 0 aliphatic rings. The quantitative estimate of drug-likeness (QED) is 0.581. The summed E-state index contributed by atoms with van der Waals surface area (Å²) in [5.41, 5.74) is 1.19. The fourth-order valence-corrected chi connectivity index (χ4v) is 1.11. The third kappa shape index (κ3) is 11.4. The average Bonchev–Trinajstić information content (AvgIpc) is 2.52. The topological polar surface area (TPSA) is 50.2 Å². The number of allylic oxidation sites excluding steroid dienone is 4. The van der Waals surface area contributed by atoms with Crippen LogP contribution in [0.25, 0.3) is 5.57 Å². The number of pyridine rings is 1. The lowest BCUT2D eigenvalue weighted by Gasteiger charge is -2.03. The summed E-state index contributed by atoms with van der Waals surface area (Å²) >= 11 is 0. The van der Waals surface area contributed by atoms with E-state index in [1.165, 1.54) is 6.07 Å². The Bertz CT molecular complexity index is 435. The van der Waals surface area contributed by atoms with Gasteiger partial charge < -0.3 is 5.11 Å². The van der Waals surface area contributed by atoms with E-state index in [9.17, 15) is 4.79 Å². The van der Waals surface area contributed by atoms with Gasteiger partial charge in [-0.05, 0) is 31.6 Å². The summed E-state index contributed by atoms with van der Waals surface area (Å²) in [7, 11) is 0. The first-order chi connectivity index (χ1) is 10.1. The zero-order chi connectivity index (χ0) is 17.3. The zero-order valence-corrected chi connectivity index (χ0v) is 14.2. The Morgan fingerprint density at radius 1 is 1.24 bits per heavy atom. The van der Waals surface area contributed by atoms with E-state index in [0.29, 0.717) is 11.3 Å². The van der Waals surface area contributed by atoms with Gasteiger partial charge in [0.15, 0.2) is 0 Å². The van der Waals surface area contributed by atoms with Crippen LogP contribution in [0.1, 0.15) is 57.6 Å². The van der Waals surface area contributed by atoms with E-state index >= 15 is 0 Å². The minimum atomic E-state index is -0.987. The normalized spacial score (nSPS) is 8.10. The molecule has 0 aliphatic heterocycles. The zero-order valence-electron chi connectivity index (χ0n) is 14.2. The second-order valence-electron chi connectivity index (χ2n) is 3.14. The Balaban J connectivity index is -0.000000399. The monoisotopic (exact) mass is 291 g/mol. The van der Waals surface area contributed by atoms with Gasteiger partial charge in [0.25, 0.3) is 0 Å². The Labute approximate surface area is 129 Å². The van der Waals surface area contributed by atoms with E-state index < -0.39 is 5.97 Å². The van der Waals surface area contributed by atoms with Gasteiger partial charge in [0.2, 0.25) is 0 Å². The predicted octanol–water partition coefficient (Wildman–Crippen LogP) is 5.61. The van der Waals surface area contributed by atoms with Crippen molar-refractivity contribution in [3.63, 3.8) is 0 Å². The molecule has 1 aromatic heterocycles. The molecule has 1 heterocycles. The molecule has 1 aromatic rings. The highest BCUT2D eigenvalue weighted by Crippen LogP contribution is 2.15. The molecule has 0 amide bonds. The Kier molecular flexibility index (Phi) is 20.3. The summed E-state index contributed by atoms with van der Waals surface area (Å²) in [6.45, 7) is 18.8. The molecular weight excluding hydrogens is 262 g/mol. The molecule has 0 saturated carbocycles. The molecular formula is C18H29NO2. The van der Waals surface area contributed by atoms with Crippen molar-refractivity contribution in [1.82, 2.24) is 4.98 Å². The number of hydrogen-bond donors (Lipinski definition) is 1. The molecule has 118 valence electrons. The number of carbonyl (C=O) groups is 1. The van der Waals surface area contributed by atoms with Crippen LogP contribution in [0.2, 0.25) is 0 Å². The molecule has 0 atom stereocenters. The van der Waals surface area contributed by atoms with Crippen molar-refractivity contribution in [2.45, 2.75) is 41.5 Å². The summed E-state index contributed by atoms with van der Waals surface area (Å²) in [5, 5.41) is 8.88. The molecule has 3 heteroatoms. The molecule has 21 heavy (non-hydrogen) atoms. The summed E-state index contributed by atoms with van der Waals surface area (Å²) in [4.78, 5) is 14.8. The first-order valence-corrected chi connectivity index (χ1v) is 7.15. The lowest BCUT2D eigenvalue weighted by molar-refractivity contribution is 0.0696. The van der Waals surface area contributed by atoms with Crippen molar-refractivity contribution < 1.29 is 9.90 Å². The molecule has 0 radical (unpaired) electrons. The molecule has 1 rings (SSSR count). The summed E-state index contributed by atoms with van der Waals surface area (Å²) in [6.07, 6.45) is 6.83. The van der Waals surface area contributed by atoms with Crippen LogP contribution < -0.4 is 0 Å². The first-order valence-electron chi connectivity index (χ1n) is 7.15. The molecule has 0 unspecified atom stereocenters. The summed E-state index contributed by atoms with van der Waals surface area (Å²) in [5.74, 6) is -0.987. The molecule has 0 aliphatic carbocycles. The molecule has 0 spiro atoms. The van der Waals surface area contributed by atoms with Crippen LogP contribution in [0, 0.1) is 0 Å². The van der Waals surface area contributed by atoms with Crippen LogP contribution in [0.4, 0.5) is 0 Å². The smallest absolute Gasteiger partial charge is 0.337 e. The number of nitrogens with zero attached hydrogens (tertiary/aromatic N) is 1. The Morgan fingerprint density at radius 2 is 1.71 bits per heavy atom. The van der Waals surface area contributed by atoms with E-state index in [0.717, 1.165) is 0 Å². The van der Waals surface area contributed by atoms with Gasteiger partial charge >= 0.3 is 5.97 Å². The number of rotatable bonds is 3. The third-order valence-electron chi connectivity index (χ3n) is 1.71. The van der Waals surface area contributed by atoms with E-state index in [4.69, 9.17) is 5.11 Å². The molecule has 0 bridgehead atoms. The van der Waals surface area contributed by atoms with Gasteiger partial charge in [0, 0.05) is 6.20 Å². The number of hydrogen-bond acceptors (Lipinski definition) is 2. The molecule has 1 N–H and O–H groups in total. The van der Waals surface area contributed by atoms with Crippen molar-refractivity contribution in [2.24, 2.45) is 0 Å². The van der Waals surface area contributed by atoms with Crippen molar-refractivity contribution in [2.75, 3.05) is 0 Å². The van der Waals surface area contributed by atoms with Gasteiger partial charge in [-0.3, -0.25) is 4.98 Å². The van der Waals surface area contributed by atoms with Crippen LogP contribution >= 0.6 is 0 Å². The van der Waals surface area contributed by atoms with E-state index in [1.807, 2.05) is 41.5 Å². The van der Waals surface area contributed by atoms with E-state index in [-0.39, 0.29) is 5.56 Å². The standard InChI is InChI=1S/C11H11NO2.C3H6.2C2H6/c1-3-5-8(2)10-9(11(13)14)6-4-7-12-10;1-3-2;2*1-2/h3-7H,2H2,1H3,(H,13,14);3H,1H2,2H3;2*1-2H3/b5-3-;;;. The predicted molar refractivity (Wildman–Crippen MR) is 93.6 cm³/mol. The maximum absolute atomic E-state index is 10.8. The maximum Gasteiger partial charge on any atom is 0.337 e. The molecule has 0 fully saturated rings. The highest BCUT2D eigenvalue weighted by molar-refractivity contribution is 5.94. The largest absolute Gasteiger partial charge is 0.478 e. The van der Waals surface area contributed by atoms with Crippen LogP contribution in [0.15, 0.2) is 49.7 Å². The highest BCUT2D eigenvalue weighted by atomic mass is 16.4. The summed E-state index contributed by atoms with van der Waals surface area (Å²) < 4.78 is 0. The lowest BCUT2D eigenvalue weighted by Crippen LogP contribution is -2.02. The van der Waals surface area contributed by atoms with E-state index in [1.54, 1.807) is 30.5 Å². The maximum atomic E-state index is 10.8. The van der Waals surface area contributed by atoms with Crippen molar-refractivity contribution >= 4 is 11.5 Å². The number of carboxylic acids is 1. The third-order valence-corrected chi connectivity index (χ3v) is 1.71. The lowest BCUT2D eigenvalue weighted by atomic mass is 10.1. The molecule has 3 nitrogen and oxygen atoms in total. The minimum Gasteiger partial charge on any atom is -0.478 e. The minimum absolute atomic E-state index is 0.176. The van der Waals surface area contributed by atoms with Crippen molar-refractivity contribution in [1.29, 1.82) is 0 Å². The fourth-order valence-electron chi connectivity index (χ4n) is 1.11. The average molecular weight is 291 g/mol. The van der Waals surface area contributed by atoms with E-state index in [2.05, 4.69) is 18.1 Å². The van der Waals surface area contributed by atoms with Crippen LogP contribution in [0.3, 0.4) is 0 Å².